The molecule has 0 fully saturated rings. The van der Waals surface area contributed by atoms with Gasteiger partial charge in [-0.05, 0) is 51.4 Å². The number of unbranched alkanes of at least 4 members (excludes halogenated alkanes) is 9. The first kappa shape index (κ1) is 66.5. The third-order valence-electron chi connectivity index (χ3n) is 4.60. The number of hydrogen-bond donors (Lipinski definition) is 8. The van der Waals surface area contributed by atoms with Crippen LogP contribution in [-0.2, 0) is 53.0 Å². The summed E-state index contributed by atoms with van der Waals surface area (Å²) >= 11 is 0. The van der Waals surface area contributed by atoms with Gasteiger partial charge in [-0.25, -0.2) is 0 Å². The zero-order valence-electron chi connectivity index (χ0n) is 29.4. The Kier molecular flexibility index (Phi) is 127. The van der Waals surface area contributed by atoms with Gasteiger partial charge in [0.25, 0.3) is 0 Å². The SMILES string of the molecule is CCCCO.CCCCO.CCCCO.CCCCO.CCCCO.CCCCO.O=C(O)CCCCCCC(=O)O.[Ti].[Ti]. The molecule has 8 N–H and O–H groups in total. The van der Waals surface area contributed by atoms with Crippen molar-refractivity contribution in [3.63, 3.8) is 0 Å². The minimum absolute atomic E-state index is 0. The maximum Gasteiger partial charge on any atom is 0.303 e. The van der Waals surface area contributed by atoms with Crippen molar-refractivity contribution in [3.8, 4) is 0 Å². The van der Waals surface area contributed by atoms with Gasteiger partial charge >= 0.3 is 11.9 Å². The summed E-state index contributed by atoms with van der Waals surface area (Å²) in [6.07, 6.45) is 15.5. The molecule has 0 radical (unpaired) electrons. The average Bonchev–Trinajstić information content (AvgIpc) is 2.95. The van der Waals surface area contributed by atoms with Gasteiger partial charge in [0.1, 0.15) is 0 Å². The third-order valence-corrected chi connectivity index (χ3v) is 4.60. The molecule has 270 valence electrons. The van der Waals surface area contributed by atoms with Crippen molar-refractivity contribution in [1.29, 1.82) is 0 Å². The van der Waals surface area contributed by atoms with Crippen LogP contribution in [0.25, 0.3) is 0 Å². The Hall–Kier alpha value is 0.129. The van der Waals surface area contributed by atoms with E-state index in [4.69, 9.17) is 40.9 Å². The Morgan fingerprint density at radius 1 is 0.341 bits per heavy atom. The molecule has 0 aliphatic rings. The first-order valence-corrected chi connectivity index (χ1v) is 16.2. The van der Waals surface area contributed by atoms with Crippen molar-refractivity contribution in [2.24, 2.45) is 0 Å². The van der Waals surface area contributed by atoms with E-state index in [2.05, 4.69) is 41.5 Å². The monoisotopic (exact) mass is 714 g/mol. The van der Waals surface area contributed by atoms with Gasteiger partial charge in [0.05, 0.1) is 0 Å². The summed E-state index contributed by atoms with van der Waals surface area (Å²) in [6.45, 7) is 14.4. The van der Waals surface area contributed by atoms with Gasteiger partial charge in [0.15, 0.2) is 0 Å². The van der Waals surface area contributed by atoms with Crippen LogP contribution in [0.1, 0.15) is 157 Å². The van der Waals surface area contributed by atoms with Crippen molar-refractivity contribution in [2.45, 2.75) is 157 Å². The molecule has 0 aromatic heterocycles. The molecule has 0 heterocycles. The molecule has 44 heavy (non-hydrogen) atoms. The quantitative estimate of drug-likeness (QED) is 0.0567. The molecular formula is C32H74O10Ti2. The van der Waals surface area contributed by atoms with Crippen LogP contribution in [0.4, 0.5) is 0 Å². The predicted octanol–water partition coefficient (Wildman–Crippen LogP) is 6.16. The number of aliphatic hydroxyl groups excluding tert-OH is 6. The molecule has 0 unspecified atom stereocenters. The van der Waals surface area contributed by atoms with Gasteiger partial charge < -0.3 is 40.9 Å². The van der Waals surface area contributed by atoms with Crippen LogP contribution < -0.4 is 0 Å². The molecule has 0 spiro atoms. The fourth-order valence-electron chi connectivity index (χ4n) is 1.85. The second-order valence-electron chi connectivity index (χ2n) is 9.16. The van der Waals surface area contributed by atoms with Gasteiger partial charge in [0, 0.05) is 95.9 Å². The van der Waals surface area contributed by atoms with Crippen molar-refractivity contribution in [3.05, 3.63) is 0 Å². The number of carboxylic acid groups (broad SMARTS) is 2. The number of aliphatic hydroxyl groups is 6. The minimum atomic E-state index is -0.784. The summed E-state index contributed by atoms with van der Waals surface area (Å²) in [4.78, 5) is 20.1. The topological polar surface area (TPSA) is 196 Å². The molecule has 0 aliphatic carbocycles. The second kappa shape index (κ2) is 84.3. The summed E-state index contributed by atoms with van der Waals surface area (Å²) in [7, 11) is 0. The van der Waals surface area contributed by atoms with Crippen LogP contribution >= 0.6 is 0 Å². The average molecular weight is 715 g/mol. The predicted molar refractivity (Wildman–Crippen MR) is 175 cm³/mol. The molecule has 0 aromatic carbocycles. The molecule has 0 aliphatic heterocycles. The molecule has 0 saturated heterocycles. The Balaban J connectivity index is -0.0000000480. The fraction of sp³-hybridized carbons (Fsp3) is 0.938. The standard InChI is InChI=1S/C8H14O4.6C4H10O.2Ti/c9-7(10)5-3-1-2-4-6-8(11)12;6*1-2-3-4-5;;/h1-6H2,(H,9,10)(H,11,12);6*5H,2-4H2,1H3;;. The Bertz CT molecular complexity index is 333. The number of carbonyl (C=O) groups is 2. The molecule has 0 amide bonds. The summed E-state index contributed by atoms with van der Waals surface area (Å²) in [5.74, 6) is -1.57. The summed E-state index contributed by atoms with van der Waals surface area (Å²) in [6, 6.07) is 0. The Morgan fingerprint density at radius 3 is 0.568 bits per heavy atom. The van der Waals surface area contributed by atoms with E-state index in [9.17, 15) is 9.59 Å². The number of rotatable bonds is 19. The van der Waals surface area contributed by atoms with E-state index in [1.807, 2.05) is 0 Å². The molecule has 0 aromatic rings. The largest absolute Gasteiger partial charge is 0.481 e. The second-order valence-corrected chi connectivity index (χ2v) is 9.16. The smallest absolute Gasteiger partial charge is 0.303 e. The number of hydrogen-bond acceptors (Lipinski definition) is 8. The van der Waals surface area contributed by atoms with Crippen LogP contribution in [0.5, 0.6) is 0 Å². The molecule has 0 bridgehead atoms. The maximum absolute atomic E-state index is 10.0. The van der Waals surface area contributed by atoms with Crippen molar-refractivity contribution < 1.29 is 93.9 Å². The minimum Gasteiger partial charge on any atom is -0.481 e. The van der Waals surface area contributed by atoms with Gasteiger partial charge in [0.2, 0.25) is 0 Å². The number of carboxylic acids is 2. The molecule has 10 nitrogen and oxygen atoms in total. The fourth-order valence-corrected chi connectivity index (χ4v) is 1.85. The van der Waals surface area contributed by atoms with Crippen LogP contribution in [-0.4, -0.2) is 92.4 Å². The van der Waals surface area contributed by atoms with Crippen LogP contribution in [0.15, 0.2) is 0 Å². The van der Waals surface area contributed by atoms with Crippen molar-refractivity contribution in [2.75, 3.05) is 39.6 Å². The van der Waals surface area contributed by atoms with Crippen LogP contribution in [0.2, 0.25) is 0 Å². The van der Waals surface area contributed by atoms with Crippen molar-refractivity contribution >= 4 is 11.9 Å². The van der Waals surface area contributed by atoms with Crippen LogP contribution in [0, 0.1) is 0 Å². The summed E-state index contributed by atoms with van der Waals surface area (Å²) in [5.41, 5.74) is 0. The number of aliphatic carboxylic acids is 2. The van der Waals surface area contributed by atoms with E-state index >= 15 is 0 Å². The van der Waals surface area contributed by atoms with Gasteiger partial charge in [-0.3, -0.25) is 9.59 Å². The van der Waals surface area contributed by atoms with Crippen molar-refractivity contribution in [1.82, 2.24) is 0 Å². The zero-order valence-corrected chi connectivity index (χ0v) is 32.5. The normalized spacial score (nSPS) is 8.36. The maximum atomic E-state index is 10.0. The molecule has 0 saturated carbocycles. The molecule has 0 atom stereocenters. The van der Waals surface area contributed by atoms with E-state index in [-0.39, 0.29) is 56.3 Å². The van der Waals surface area contributed by atoms with Gasteiger partial charge in [-0.1, -0.05) is 92.9 Å². The van der Waals surface area contributed by atoms with Gasteiger partial charge in [-0.2, -0.15) is 0 Å². The van der Waals surface area contributed by atoms with E-state index in [1.165, 1.54) is 0 Å². The van der Waals surface area contributed by atoms with E-state index in [0.29, 0.717) is 52.5 Å². The molecule has 0 rings (SSSR count). The molecular weight excluding hydrogens is 640 g/mol. The van der Waals surface area contributed by atoms with E-state index in [0.717, 1.165) is 89.9 Å². The van der Waals surface area contributed by atoms with Crippen LogP contribution in [0.3, 0.4) is 0 Å². The Morgan fingerprint density at radius 2 is 0.500 bits per heavy atom. The zero-order chi connectivity index (χ0) is 34.1. The summed E-state index contributed by atoms with van der Waals surface area (Å²) < 4.78 is 0. The molecule has 12 heteroatoms. The van der Waals surface area contributed by atoms with Gasteiger partial charge in [-0.15, -0.1) is 0 Å². The van der Waals surface area contributed by atoms with E-state index in [1.54, 1.807) is 0 Å². The first-order valence-electron chi connectivity index (χ1n) is 16.2. The third kappa shape index (κ3) is 160. The first-order chi connectivity index (χ1) is 20.1. The van der Waals surface area contributed by atoms with E-state index < -0.39 is 11.9 Å². The summed E-state index contributed by atoms with van der Waals surface area (Å²) in [5, 5.41) is 64.9. The Labute approximate surface area is 301 Å².